The van der Waals surface area contributed by atoms with Gasteiger partial charge in [0, 0.05) is 16.9 Å². The molecule has 6 nitrogen and oxygen atoms in total. The lowest BCUT2D eigenvalue weighted by Gasteiger charge is -2.16. The molecule has 0 unspecified atom stereocenters. The van der Waals surface area contributed by atoms with Gasteiger partial charge in [0.05, 0.1) is 12.1 Å². The Kier molecular flexibility index (Phi) is 3.11. The average Bonchev–Trinajstić information content (AvgIpc) is 2.63. The van der Waals surface area contributed by atoms with Crippen LogP contribution in [-0.2, 0) is 16.6 Å². The van der Waals surface area contributed by atoms with Gasteiger partial charge in [-0.05, 0) is 29.8 Å². The number of hydrogen-bond donors (Lipinski definition) is 1. The van der Waals surface area contributed by atoms with Gasteiger partial charge in [-0.2, -0.15) is 8.42 Å². The lowest BCUT2D eigenvalue weighted by Crippen LogP contribution is -2.29. The van der Waals surface area contributed by atoms with E-state index >= 15 is 0 Å². The molecular weight excluding hydrogens is 314 g/mol. The second-order valence-corrected chi connectivity index (χ2v) is 6.73. The molecule has 0 saturated carbocycles. The van der Waals surface area contributed by atoms with Gasteiger partial charge in [0.15, 0.2) is 5.03 Å². The molecule has 1 aromatic heterocycles. The quantitative estimate of drug-likeness (QED) is 0.848. The number of nitrogen functional groups attached to an aromatic ring is 1. The van der Waals surface area contributed by atoms with Crippen LogP contribution in [0, 0.1) is 0 Å². The second kappa shape index (κ2) is 4.71. The van der Waals surface area contributed by atoms with Crippen LogP contribution in [0.5, 0.6) is 0 Å². The van der Waals surface area contributed by atoms with Crippen molar-refractivity contribution in [2.45, 2.75) is 11.6 Å². The molecule has 0 spiro atoms. The highest BCUT2D eigenvalue weighted by molar-refractivity contribution is 7.90. The van der Waals surface area contributed by atoms with E-state index in [4.69, 9.17) is 17.3 Å². The maximum absolute atomic E-state index is 12.4. The third-order valence-electron chi connectivity index (χ3n) is 3.18. The summed E-state index contributed by atoms with van der Waals surface area (Å²) in [7, 11) is -3.94. The Morgan fingerprint density at radius 1 is 1.29 bits per heavy atom. The maximum atomic E-state index is 12.4. The van der Waals surface area contributed by atoms with Crippen LogP contribution in [0.15, 0.2) is 41.6 Å². The van der Waals surface area contributed by atoms with Crippen molar-refractivity contribution >= 4 is 33.2 Å². The SMILES string of the molecule is Nc1cc(Cl)ccc1CN1C(=O)c2cccnc2S1(=O)=O. The van der Waals surface area contributed by atoms with E-state index in [2.05, 4.69) is 4.98 Å². The number of sulfonamides is 1. The van der Waals surface area contributed by atoms with Crippen molar-refractivity contribution in [1.82, 2.24) is 9.29 Å². The van der Waals surface area contributed by atoms with E-state index < -0.39 is 15.9 Å². The Morgan fingerprint density at radius 2 is 2.05 bits per heavy atom. The van der Waals surface area contributed by atoms with Crippen molar-refractivity contribution in [3.63, 3.8) is 0 Å². The van der Waals surface area contributed by atoms with Gasteiger partial charge in [0.25, 0.3) is 15.9 Å². The van der Waals surface area contributed by atoms with E-state index in [1.165, 1.54) is 24.4 Å². The molecule has 0 atom stereocenters. The summed E-state index contributed by atoms with van der Waals surface area (Å²) in [6.07, 6.45) is 1.34. The molecule has 0 saturated heterocycles. The summed E-state index contributed by atoms with van der Waals surface area (Å²) in [5.74, 6) is -0.604. The van der Waals surface area contributed by atoms with Crippen LogP contribution in [0.2, 0.25) is 5.02 Å². The number of nitrogens with two attached hydrogens (primary N) is 1. The first-order chi connectivity index (χ1) is 9.91. The van der Waals surface area contributed by atoms with Crippen LogP contribution in [0.4, 0.5) is 5.69 Å². The second-order valence-electron chi connectivity index (χ2n) is 4.52. The predicted octanol–water partition coefficient (Wildman–Crippen LogP) is 1.66. The van der Waals surface area contributed by atoms with Gasteiger partial charge in [-0.25, -0.2) is 9.29 Å². The fourth-order valence-corrected chi connectivity index (χ4v) is 3.77. The average molecular weight is 324 g/mol. The first-order valence-electron chi connectivity index (χ1n) is 5.97. The lowest BCUT2D eigenvalue weighted by molar-refractivity contribution is 0.0865. The van der Waals surface area contributed by atoms with Crippen LogP contribution in [0.3, 0.4) is 0 Å². The molecule has 1 aliphatic rings. The lowest BCUT2D eigenvalue weighted by atomic mass is 10.1. The molecule has 1 aromatic carbocycles. The van der Waals surface area contributed by atoms with Crippen LogP contribution >= 0.6 is 11.6 Å². The molecule has 108 valence electrons. The molecule has 2 heterocycles. The third kappa shape index (κ3) is 2.14. The number of benzene rings is 1. The Bertz CT molecular complexity index is 851. The highest BCUT2D eigenvalue weighted by Gasteiger charge is 2.42. The van der Waals surface area contributed by atoms with E-state index in [-0.39, 0.29) is 17.1 Å². The molecule has 2 N–H and O–H groups in total. The number of hydrogen-bond acceptors (Lipinski definition) is 5. The van der Waals surface area contributed by atoms with E-state index in [0.717, 1.165) is 4.31 Å². The molecule has 0 bridgehead atoms. The van der Waals surface area contributed by atoms with Gasteiger partial charge < -0.3 is 5.73 Å². The Morgan fingerprint density at radius 3 is 2.71 bits per heavy atom. The van der Waals surface area contributed by atoms with Crippen molar-refractivity contribution < 1.29 is 13.2 Å². The summed E-state index contributed by atoms with van der Waals surface area (Å²) in [4.78, 5) is 16.0. The topological polar surface area (TPSA) is 93.4 Å². The number of fused-ring (bicyclic) bond motifs is 1. The van der Waals surface area contributed by atoms with Gasteiger partial charge in [-0.1, -0.05) is 17.7 Å². The van der Waals surface area contributed by atoms with Gasteiger partial charge >= 0.3 is 0 Å². The minimum Gasteiger partial charge on any atom is -0.398 e. The van der Waals surface area contributed by atoms with Crippen LogP contribution in [0.1, 0.15) is 15.9 Å². The van der Waals surface area contributed by atoms with E-state index in [1.807, 2.05) is 0 Å². The molecule has 3 rings (SSSR count). The highest BCUT2D eigenvalue weighted by Crippen LogP contribution is 2.31. The van der Waals surface area contributed by atoms with Crippen molar-refractivity contribution in [2.75, 3.05) is 5.73 Å². The van der Waals surface area contributed by atoms with Crippen molar-refractivity contribution in [3.8, 4) is 0 Å². The summed E-state index contributed by atoms with van der Waals surface area (Å²) in [5, 5.41) is 0.222. The number of carbonyl (C=O) groups excluding carboxylic acids is 1. The first-order valence-corrected chi connectivity index (χ1v) is 7.79. The molecule has 8 heteroatoms. The molecule has 2 aromatic rings. The Labute approximate surface area is 126 Å². The smallest absolute Gasteiger partial charge is 0.285 e. The Hall–Kier alpha value is -2.12. The van der Waals surface area contributed by atoms with Gasteiger partial charge in [0.1, 0.15) is 0 Å². The number of amides is 1. The van der Waals surface area contributed by atoms with Gasteiger partial charge in [-0.15, -0.1) is 0 Å². The van der Waals surface area contributed by atoms with Gasteiger partial charge in [0.2, 0.25) is 0 Å². The predicted molar refractivity (Wildman–Crippen MR) is 77.2 cm³/mol. The standard InChI is InChI=1S/C13H10ClN3O3S/c14-9-4-3-8(11(15)6-9)7-17-13(18)10-2-1-5-16-12(10)21(17,19)20/h1-6H,7,15H2. The number of carbonyl (C=O) groups is 1. The van der Waals surface area contributed by atoms with Crippen molar-refractivity contribution in [3.05, 3.63) is 52.7 Å². The molecule has 0 fully saturated rings. The molecule has 1 amide bonds. The van der Waals surface area contributed by atoms with Crippen molar-refractivity contribution in [2.24, 2.45) is 0 Å². The monoisotopic (exact) mass is 323 g/mol. The first kappa shape index (κ1) is 13.8. The van der Waals surface area contributed by atoms with Crippen LogP contribution in [-0.4, -0.2) is 23.6 Å². The number of nitrogens with zero attached hydrogens (tertiary/aromatic N) is 2. The zero-order chi connectivity index (χ0) is 15.2. The summed E-state index contributed by atoms with van der Waals surface area (Å²) >= 11 is 5.80. The summed E-state index contributed by atoms with van der Waals surface area (Å²) in [5.41, 5.74) is 6.71. The number of aromatic nitrogens is 1. The summed E-state index contributed by atoms with van der Waals surface area (Å²) in [6, 6.07) is 7.65. The zero-order valence-electron chi connectivity index (χ0n) is 10.7. The highest BCUT2D eigenvalue weighted by atomic mass is 35.5. The van der Waals surface area contributed by atoms with Crippen molar-refractivity contribution in [1.29, 1.82) is 0 Å². The van der Waals surface area contributed by atoms with Gasteiger partial charge in [-0.3, -0.25) is 4.79 Å². The van der Waals surface area contributed by atoms with Crippen LogP contribution < -0.4 is 5.73 Å². The normalized spacial score (nSPS) is 16.0. The number of halogens is 1. The Balaban J connectivity index is 2.03. The molecular formula is C13H10ClN3O3S. The van der Waals surface area contributed by atoms with E-state index in [9.17, 15) is 13.2 Å². The zero-order valence-corrected chi connectivity index (χ0v) is 12.2. The summed E-state index contributed by atoms with van der Waals surface area (Å²) in [6.45, 7) is -0.152. The number of rotatable bonds is 2. The fourth-order valence-electron chi connectivity index (χ4n) is 2.13. The van der Waals surface area contributed by atoms with Crippen LogP contribution in [0.25, 0.3) is 0 Å². The maximum Gasteiger partial charge on any atom is 0.285 e. The largest absolute Gasteiger partial charge is 0.398 e. The van der Waals surface area contributed by atoms with E-state index in [1.54, 1.807) is 12.1 Å². The van der Waals surface area contributed by atoms with E-state index in [0.29, 0.717) is 16.3 Å². The summed E-state index contributed by atoms with van der Waals surface area (Å²) < 4.78 is 25.5. The number of anilines is 1. The number of pyridine rings is 1. The molecule has 0 radical (unpaired) electrons. The minimum absolute atomic E-state index is 0.0741. The molecule has 1 aliphatic heterocycles. The molecule has 21 heavy (non-hydrogen) atoms. The minimum atomic E-state index is -3.94. The fraction of sp³-hybridized carbons (Fsp3) is 0.0769. The third-order valence-corrected chi connectivity index (χ3v) is 5.11. The molecule has 0 aliphatic carbocycles.